The molecule has 1 atom stereocenters. The van der Waals surface area contributed by atoms with E-state index in [1.807, 2.05) is 0 Å². The van der Waals surface area contributed by atoms with Gasteiger partial charge in [-0.15, -0.1) is 0 Å². The molecule has 0 aromatic rings. The summed E-state index contributed by atoms with van der Waals surface area (Å²) >= 11 is 0. The van der Waals surface area contributed by atoms with Gasteiger partial charge in [0.25, 0.3) is 0 Å². The Morgan fingerprint density at radius 1 is 1.71 bits per heavy atom. The van der Waals surface area contributed by atoms with Crippen LogP contribution in [0, 0.1) is 5.92 Å². The van der Waals surface area contributed by atoms with E-state index >= 15 is 0 Å². The van der Waals surface area contributed by atoms with Crippen molar-refractivity contribution in [3.05, 3.63) is 11.8 Å². The third-order valence-corrected chi connectivity index (χ3v) is 2.45. The first-order valence-electron chi connectivity index (χ1n) is 5.25. The Hall–Kier alpha value is -0.830. The second-order valence-electron chi connectivity index (χ2n) is 3.66. The van der Waals surface area contributed by atoms with Gasteiger partial charge in [-0.05, 0) is 25.7 Å². The zero-order valence-corrected chi connectivity index (χ0v) is 8.79. The Kier molecular flexibility index (Phi) is 5.30. The first-order chi connectivity index (χ1) is 6.86. The number of carbonyl (C=O) groups is 1. The van der Waals surface area contributed by atoms with E-state index < -0.39 is 0 Å². The summed E-state index contributed by atoms with van der Waals surface area (Å²) in [5.41, 5.74) is 1.23. The van der Waals surface area contributed by atoms with Crippen molar-refractivity contribution in [1.29, 1.82) is 0 Å². The lowest BCUT2D eigenvalue weighted by atomic mass is 9.95. The molecule has 0 fully saturated rings. The maximum atomic E-state index is 10.6. The van der Waals surface area contributed by atoms with Crippen molar-refractivity contribution >= 4 is 6.29 Å². The molecule has 0 bridgehead atoms. The van der Waals surface area contributed by atoms with Gasteiger partial charge in [-0.25, -0.2) is 0 Å². The lowest BCUT2D eigenvalue weighted by Gasteiger charge is -2.18. The minimum Gasteiger partial charge on any atom is -0.388 e. The SMILES string of the molecule is COCCCNC1=CC(C=O)CCC1. The highest BCUT2D eigenvalue weighted by Crippen LogP contribution is 2.19. The predicted octanol–water partition coefficient (Wildman–Crippen LogP) is 1.50. The van der Waals surface area contributed by atoms with E-state index in [2.05, 4.69) is 11.4 Å². The van der Waals surface area contributed by atoms with E-state index in [0.717, 1.165) is 45.1 Å². The molecule has 3 nitrogen and oxygen atoms in total. The topological polar surface area (TPSA) is 38.3 Å². The van der Waals surface area contributed by atoms with Gasteiger partial charge < -0.3 is 14.8 Å². The van der Waals surface area contributed by atoms with Crippen LogP contribution in [0.15, 0.2) is 11.8 Å². The molecule has 1 aliphatic rings. The van der Waals surface area contributed by atoms with Gasteiger partial charge in [-0.2, -0.15) is 0 Å². The smallest absolute Gasteiger partial charge is 0.126 e. The number of allylic oxidation sites excluding steroid dienone is 2. The molecule has 1 N–H and O–H groups in total. The van der Waals surface area contributed by atoms with E-state index in [1.165, 1.54) is 5.70 Å². The Labute approximate surface area is 85.5 Å². The molecule has 0 heterocycles. The molecule has 0 aliphatic heterocycles. The van der Waals surface area contributed by atoms with Crippen LogP contribution in [0.2, 0.25) is 0 Å². The van der Waals surface area contributed by atoms with Gasteiger partial charge in [-0.1, -0.05) is 6.08 Å². The molecule has 14 heavy (non-hydrogen) atoms. The van der Waals surface area contributed by atoms with E-state index in [1.54, 1.807) is 7.11 Å². The average Bonchev–Trinajstić information content (AvgIpc) is 2.25. The van der Waals surface area contributed by atoms with Crippen molar-refractivity contribution < 1.29 is 9.53 Å². The van der Waals surface area contributed by atoms with Crippen molar-refractivity contribution in [1.82, 2.24) is 5.32 Å². The van der Waals surface area contributed by atoms with Crippen LogP contribution < -0.4 is 5.32 Å². The minimum absolute atomic E-state index is 0.133. The predicted molar refractivity (Wildman–Crippen MR) is 56.0 cm³/mol. The number of hydrogen-bond donors (Lipinski definition) is 1. The lowest BCUT2D eigenvalue weighted by Crippen LogP contribution is -2.20. The van der Waals surface area contributed by atoms with E-state index in [0.29, 0.717) is 0 Å². The summed E-state index contributed by atoms with van der Waals surface area (Å²) in [4.78, 5) is 10.6. The largest absolute Gasteiger partial charge is 0.388 e. The molecule has 0 saturated heterocycles. The fourth-order valence-electron chi connectivity index (χ4n) is 1.67. The van der Waals surface area contributed by atoms with E-state index in [4.69, 9.17) is 4.74 Å². The Morgan fingerprint density at radius 3 is 3.29 bits per heavy atom. The number of rotatable bonds is 6. The summed E-state index contributed by atoms with van der Waals surface area (Å²) in [5, 5.41) is 3.34. The summed E-state index contributed by atoms with van der Waals surface area (Å²) in [6, 6.07) is 0. The van der Waals surface area contributed by atoms with Gasteiger partial charge in [0.15, 0.2) is 0 Å². The maximum Gasteiger partial charge on any atom is 0.126 e. The number of ether oxygens (including phenoxy) is 1. The highest BCUT2D eigenvalue weighted by molar-refractivity contribution is 5.57. The zero-order valence-electron chi connectivity index (χ0n) is 8.79. The first kappa shape index (κ1) is 11.2. The Balaban J connectivity index is 2.22. The molecule has 1 rings (SSSR count). The molecule has 80 valence electrons. The third kappa shape index (κ3) is 3.92. The van der Waals surface area contributed by atoms with Crippen molar-refractivity contribution in [3.8, 4) is 0 Å². The molecule has 0 aromatic carbocycles. The summed E-state index contributed by atoms with van der Waals surface area (Å²) in [5.74, 6) is 0.133. The molecule has 0 spiro atoms. The van der Waals surface area contributed by atoms with Crippen molar-refractivity contribution in [2.24, 2.45) is 5.92 Å². The number of methoxy groups -OCH3 is 1. The lowest BCUT2D eigenvalue weighted by molar-refractivity contribution is -0.110. The highest BCUT2D eigenvalue weighted by Gasteiger charge is 2.11. The van der Waals surface area contributed by atoms with Gasteiger partial charge in [0.1, 0.15) is 6.29 Å². The Morgan fingerprint density at radius 2 is 2.57 bits per heavy atom. The van der Waals surface area contributed by atoms with E-state index in [-0.39, 0.29) is 5.92 Å². The molecular weight excluding hydrogens is 178 g/mol. The zero-order chi connectivity index (χ0) is 10.2. The van der Waals surface area contributed by atoms with Crippen LogP contribution in [0.3, 0.4) is 0 Å². The van der Waals surface area contributed by atoms with Crippen LogP contribution in [0.5, 0.6) is 0 Å². The molecule has 0 aromatic heterocycles. The number of hydrogen-bond acceptors (Lipinski definition) is 3. The molecule has 0 radical (unpaired) electrons. The van der Waals surface area contributed by atoms with Crippen LogP contribution in [0.1, 0.15) is 25.7 Å². The maximum absolute atomic E-state index is 10.6. The molecule has 1 unspecified atom stereocenters. The monoisotopic (exact) mass is 197 g/mol. The standard InChI is InChI=1S/C11H19NO2/c1-14-7-3-6-12-11-5-2-4-10(8-11)9-13/h8-10,12H,2-7H2,1H3. The van der Waals surface area contributed by atoms with Crippen molar-refractivity contribution in [2.75, 3.05) is 20.3 Å². The van der Waals surface area contributed by atoms with Gasteiger partial charge in [0.2, 0.25) is 0 Å². The van der Waals surface area contributed by atoms with Gasteiger partial charge in [-0.3, -0.25) is 0 Å². The fourth-order valence-corrected chi connectivity index (χ4v) is 1.67. The van der Waals surface area contributed by atoms with Gasteiger partial charge >= 0.3 is 0 Å². The second-order valence-corrected chi connectivity index (χ2v) is 3.66. The number of carbonyl (C=O) groups excluding carboxylic acids is 1. The van der Waals surface area contributed by atoms with Crippen molar-refractivity contribution in [2.45, 2.75) is 25.7 Å². The van der Waals surface area contributed by atoms with Crippen molar-refractivity contribution in [3.63, 3.8) is 0 Å². The normalized spacial score (nSPS) is 21.5. The minimum atomic E-state index is 0.133. The van der Waals surface area contributed by atoms with Crippen LogP contribution in [0.4, 0.5) is 0 Å². The molecule has 0 saturated carbocycles. The second kappa shape index (κ2) is 6.60. The fraction of sp³-hybridized carbons (Fsp3) is 0.727. The number of nitrogens with one attached hydrogen (secondary N) is 1. The van der Waals surface area contributed by atoms with Crippen LogP contribution in [0.25, 0.3) is 0 Å². The summed E-state index contributed by atoms with van der Waals surface area (Å²) in [6.07, 6.45) is 7.31. The molecule has 1 aliphatic carbocycles. The quantitative estimate of drug-likeness (QED) is 0.518. The van der Waals surface area contributed by atoms with Crippen LogP contribution in [-0.2, 0) is 9.53 Å². The van der Waals surface area contributed by atoms with E-state index in [9.17, 15) is 4.79 Å². The van der Waals surface area contributed by atoms with Gasteiger partial charge in [0, 0.05) is 31.9 Å². The summed E-state index contributed by atoms with van der Waals surface area (Å²) < 4.78 is 4.96. The summed E-state index contributed by atoms with van der Waals surface area (Å²) in [6.45, 7) is 1.72. The van der Waals surface area contributed by atoms with Crippen LogP contribution >= 0.6 is 0 Å². The van der Waals surface area contributed by atoms with Gasteiger partial charge in [0.05, 0.1) is 0 Å². The number of aldehydes is 1. The Bertz CT molecular complexity index is 201. The third-order valence-electron chi connectivity index (χ3n) is 2.45. The molecule has 0 amide bonds. The average molecular weight is 197 g/mol. The van der Waals surface area contributed by atoms with Crippen LogP contribution in [-0.4, -0.2) is 26.5 Å². The first-order valence-corrected chi connectivity index (χ1v) is 5.25. The summed E-state index contributed by atoms with van der Waals surface area (Å²) in [7, 11) is 1.71. The molecular formula is C11H19NO2. The highest BCUT2D eigenvalue weighted by atomic mass is 16.5. The molecule has 3 heteroatoms.